The zero-order valence-electron chi connectivity index (χ0n) is 10.9. The number of hydrogen-bond acceptors (Lipinski definition) is 5. The predicted octanol–water partition coefficient (Wildman–Crippen LogP) is 1.27. The Hall–Kier alpha value is -1.83. The maximum Gasteiger partial charge on any atom is 0.299 e. The van der Waals surface area contributed by atoms with Crippen molar-refractivity contribution < 1.29 is 13.9 Å². The first-order valence-corrected chi connectivity index (χ1v) is 6.44. The molecule has 2 aromatic rings. The standard InChI is InChI=1S/C12H15F2N5O/c1-18(6-7-4-8(20)5-7)10-3-2-9-15-16-12(11(13)14)19(9)17-10/h2-3,7-8,11,20H,4-6H2,1H3. The van der Waals surface area contributed by atoms with Crippen LogP contribution in [0.1, 0.15) is 25.1 Å². The summed E-state index contributed by atoms with van der Waals surface area (Å²) in [6.07, 6.45) is -1.35. The third-order valence-electron chi connectivity index (χ3n) is 3.60. The minimum absolute atomic E-state index is 0.202. The summed E-state index contributed by atoms with van der Waals surface area (Å²) in [5.41, 5.74) is 0.302. The normalized spacial score (nSPS) is 22.2. The van der Waals surface area contributed by atoms with E-state index >= 15 is 0 Å². The molecule has 3 rings (SSSR count). The summed E-state index contributed by atoms with van der Waals surface area (Å²) in [4.78, 5) is 1.89. The van der Waals surface area contributed by atoms with E-state index in [1.807, 2.05) is 11.9 Å². The summed E-state index contributed by atoms with van der Waals surface area (Å²) in [7, 11) is 1.85. The summed E-state index contributed by atoms with van der Waals surface area (Å²) in [6.45, 7) is 0.738. The maximum atomic E-state index is 12.8. The third kappa shape index (κ3) is 2.31. The molecule has 2 aromatic heterocycles. The van der Waals surface area contributed by atoms with Gasteiger partial charge in [-0.15, -0.1) is 15.3 Å². The second kappa shape index (κ2) is 4.93. The smallest absolute Gasteiger partial charge is 0.299 e. The lowest BCUT2D eigenvalue weighted by atomic mass is 9.82. The van der Waals surface area contributed by atoms with Gasteiger partial charge >= 0.3 is 0 Å². The van der Waals surface area contributed by atoms with Crippen LogP contribution < -0.4 is 4.90 Å². The van der Waals surface area contributed by atoms with E-state index in [1.54, 1.807) is 12.1 Å². The third-order valence-corrected chi connectivity index (χ3v) is 3.60. The van der Waals surface area contributed by atoms with Crippen molar-refractivity contribution in [2.24, 2.45) is 5.92 Å². The fourth-order valence-electron chi connectivity index (χ4n) is 2.47. The van der Waals surface area contributed by atoms with Crippen LogP contribution in [0, 0.1) is 5.92 Å². The minimum Gasteiger partial charge on any atom is -0.393 e. The molecule has 0 spiro atoms. The summed E-state index contributed by atoms with van der Waals surface area (Å²) in [5.74, 6) is 0.554. The number of fused-ring (bicyclic) bond motifs is 1. The van der Waals surface area contributed by atoms with Crippen molar-refractivity contribution in [2.45, 2.75) is 25.4 Å². The molecule has 1 N–H and O–H groups in total. The van der Waals surface area contributed by atoms with Gasteiger partial charge in [0, 0.05) is 13.6 Å². The zero-order chi connectivity index (χ0) is 14.3. The summed E-state index contributed by atoms with van der Waals surface area (Å²) in [5, 5.41) is 20.5. The van der Waals surface area contributed by atoms with Gasteiger partial charge in [-0.3, -0.25) is 0 Å². The molecule has 0 radical (unpaired) electrons. The lowest BCUT2D eigenvalue weighted by molar-refractivity contribution is 0.0464. The van der Waals surface area contributed by atoms with Gasteiger partial charge in [0.1, 0.15) is 5.82 Å². The SMILES string of the molecule is CN(CC1CC(O)C1)c1ccc2nnc(C(F)F)n2n1. The first-order chi connectivity index (χ1) is 9.54. The molecule has 0 aromatic carbocycles. The molecular formula is C12H15F2N5O. The molecule has 0 unspecified atom stereocenters. The number of aromatic nitrogens is 4. The Morgan fingerprint density at radius 3 is 2.80 bits per heavy atom. The van der Waals surface area contributed by atoms with Gasteiger partial charge in [0.05, 0.1) is 6.10 Å². The molecule has 20 heavy (non-hydrogen) atoms. The molecule has 1 aliphatic carbocycles. The van der Waals surface area contributed by atoms with Gasteiger partial charge in [-0.05, 0) is 30.9 Å². The molecule has 108 valence electrons. The molecule has 1 fully saturated rings. The summed E-state index contributed by atoms with van der Waals surface area (Å²) >= 11 is 0. The van der Waals surface area contributed by atoms with Crippen molar-refractivity contribution in [1.29, 1.82) is 0 Å². The van der Waals surface area contributed by atoms with E-state index in [0.29, 0.717) is 17.4 Å². The van der Waals surface area contributed by atoms with Crippen LogP contribution in [0.5, 0.6) is 0 Å². The second-order valence-electron chi connectivity index (χ2n) is 5.19. The van der Waals surface area contributed by atoms with Crippen molar-refractivity contribution in [3.05, 3.63) is 18.0 Å². The van der Waals surface area contributed by atoms with Gasteiger partial charge in [0.25, 0.3) is 6.43 Å². The molecule has 0 atom stereocenters. The van der Waals surface area contributed by atoms with Crippen LogP contribution in [0.15, 0.2) is 12.1 Å². The Bertz CT molecular complexity index is 611. The highest BCUT2D eigenvalue weighted by atomic mass is 19.3. The van der Waals surface area contributed by atoms with Gasteiger partial charge in [-0.2, -0.15) is 4.52 Å². The number of halogens is 2. The van der Waals surface area contributed by atoms with E-state index in [-0.39, 0.29) is 6.10 Å². The van der Waals surface area contributed by atoms with Crippen LogP contribution in [0.3, 0.4) is 0 Å². The van der Waals surface area contributed by atoms with Crippen molar-refractivity contribution in [1.82, 2.24) is 19.8 Å². The van der Waals surface area contributed by atoms with Crippen molar-refractivity contribution in [3.8, 4) is 0 Å². The lowest BCUT2D eigenvalue weighted by Crippen LogP contribution is -2.37. The van der Waals surface area contributed by atoms with E-state index in [9.17, 15) is 13.9 Å². The second-order valence-corrected chi connectivity index (χ2v) is 5.19. The van der Waals surface area contributed by atoms with Gasteiger partial charge in [-0.25, -0.2) is 8.78 Å². The molecule has 0 aliphatic heterocycles. The highest BCUT2D eigenvalue weighted by Gasteiger charge is 2.28. The first-order valence-electron chi connectivity index (χ1n) is 6.44. The number of rotatable bonds is 4. The zero-order valence-corrected chi connectivity index (χ0v) is 10.9. The number of aliphatic hydroxyl groups is 1. The minimum atomic E-state index is -2.71. The Kier molecular flexibility index (Phi) is 3.25. The van der Waals surface area contributed by atoms with E-state index in [2.05, 4.69) is 15.3 Å². The van der Waals surface area contributed by atoms with Crippen LogP contribution in [0.25, 0.3) is 5.65 Å². The van der Waals surface area contributed by atoms with Gasteiger partial charge < -0.3 is 10.0 Å². The average Bonchev–Trinajstić information content (AvgIpc) is 2.79. The highest BCUT2D eigenvalue weighted by Crippen LogP contribution is 2.28. The first kappa shape index (κ1) is 13.2. The van der Waals surface area contributed by atoms with Crippen molar-refractivity contribution >= 4 is 11.5 Å². The summed E-state index contributed by atoms with van der Waals surface area (Å²) < 4.78 is 26.6. The average molecular weight is 283 g/mol. The number of alkyl halides is 2. The molecule has 0 saturated heterocycles. The molecule has 0 bridgehead atoms. The Balaban J connectivity index is 1.82. The monoisotopic (exact) mass is 283 g/mol. The van der Waals surface area contributed by atoms with Crippen molar-refractivity contribution in [2.75, 3.05) is 18.5 Å². The maximum absolute atomic E-state index is 12.8. The summed E-state index contributed by atoms with van der Waals surface area (Å²) in [6, 6.07) is 3.35. The highest BCUT2D eigenvalue weighted by molar-refractivity contribution is 5.45. The van der Waals surface area contributed by atoms with Crippen LogP contribution in [0.4, 0.5) is 14.6 Å². The fraction of sp³-hybridized carbons (Fsp3) is 0.583. The number of anilines is 1. The molecule has 2 heterocycles. The topological polar surface area (TPSA) is 66.5 Å². The number of hydrogen-bond donors (Lipinski definition) is 1. The van der Waals surface area contributed by atoms with E-state index in [1.165, 1.54) is 0 Å². The van der Waals surface area contributed by atoms with Crippen molar-refractivity contribution in [3.63, 3.8) is 0 Å². The Morgan fingerprint density at radius 1 is 1.40 bits per heavy atom. The number of aliphatic hydroxyl groups excluding tert-OH is 1. The van der Waals surface area contributed by atoms with E-state index in [0.717, 1.165) is 23.9 Å². The van der Waals surface area contributed by atoms with Crippen LogP contribution >= 0.6 is 0 Å². The molecule has 8 heteroatoms. The fourth-order valence-corrected chi connectivity index (χ4v) is 2.47. The van der Waals surface area contributed by atoms with Crippen LogP contribution in [-0.2, 0) is 0 Å². The molecule has 1 saturated carbocycles. The predicted molar refractivity (Wildman–Crippen MR) is 67.7 cm³/mol. The quantitative estimate of drug-likeness (QED) is 0.915. The van der Waals surface area contributed by atoms with E-state index < -0.39 is 12.2 Å². The van der Waals surface area contributed by atoms with Gasteiger partial charge in [0.15, 0.2) is 5.65 Å². The largest absolute Gasteiger partial charge is 0.393 e. The Morgan fingerprint density at radius 2 is 2.15 bits per heavy atom. The molecule has 1 aliphatic rings. The molecule has 6 nitrogen and oxygen atoms in total. The van der Waals surface area contributed by atoms with E-state index in [4.69, 9.17) is 0 Å². The Labute approximate surface area is 114 Å². The lowest BCUT2D eigenvalue weighted by Gasteiger charge is -2.34. The van der Waals surface area contributed by atoms with Gasteiger partial charge in [0.2, 0.25) is 5.82 Å². The van der Waals surface area contributed by atoms with Gasteiger partial charge in [-0.1, -0.05) is 0 Å². The van der Waals surface area contributed by atoms with Crippen LogP contribution in [-0.4, -0.2) is 44.6 Å². The molecule has 0 amide bonds. The number of nitrogens with zero attached hydrogens (tertiary/aromatic N) is 5. The van der Waals surface area contributed by atoms with Crippen LogP contribution in [0.2, 0.25) is 0 Å². The molecular weight excluding hydrogens is 268 g/mol.